The first-order valence-electron chi connectivity index (χ1n) is 7.14. The Morgan fingerprint density at radius 3 is 3.00 bits per heavy atom. The van der Waals surface area contributed by atoms with E-state index in [1.807, 2.05) is 6.07 Å². The monoisotopic (exact) mass is 258 g/mol. The van der Waals surface area contributed by atoms with E-state index in [4.69, 9.17) is 4.74 Å². The topological polar surface area (TPSA) is 37.0 Å². The van der Waals surface area contributed by atoms with E-state index in [1.165, 1.54) is 36.0 Å². The Morgan fingerprint density at radius 2 is 2.26 bits per heavy atom. The summed E-state index contributed by atoms with van der Waals surface area (Å²) < 4.78 is 5.44. The number of methoxy groups -OCH3 is 1. The molecule has 1 saturated heterocycles. The van der Waals surface area contributed by atoms with Gasteiger partial charge in [0, 0.05) is 11.1 Å². The standard InChI is InChI=1S/C16H22N2O/c1-11-14(9-12-5-4-8-17-10-12)13-6-3-7-15(19-2)16(13)18-11/h3,6-7,12,17-18H,4-5,8-10H2,1-2H3. The molecule has 0 radical (unpaired) electrons. The van der Waals surface area contributed by atoms with Crippen LogP contribution in [0.3, 0.4) is 0 Å². The lowest BCUT2D eigenvalue weighted by atomic mass is 9.91. The van der Waals surface area contributed by atoms with Crippen LogP contribution in [0.15, 0.2) is 18.2 Å². The van der Waals surface area contributed by atoms with Crippen LogP contribution >= 0.6 is 0 Å². The summed E-state index contributed by atoms with van der Waals surface area (Å²) in [6, 6.07) is 6.30. The SMILES string of the molecule is COc1cccc2c(CC3CCCNC3)c(C)[nH]c12. The quantitative estimate of drug-likeness (QED) is 0.888. The molecule has 1 fully saturated rings. The zero-order valence-corrected chi connectivity index (χ0v) is 11.8. The van der Waals surface area contributed by atoms with Crippen molar-refractivity contribution in [3.05, 3.63) is 29.5 Å². The second kappa shape index (κ2) is 5.25. The predicted molar refractivity (Wildman–Crippen MR) is 78.9 cm³/mol. The Kier molecular flexibility index (Phi) is 3.47. The molecule has 0 bridgehead atoms. The van der Waals surface area contributed by atoms with Crippen molar-refractivity contribution in [2.75, 3.05) is 20.2 Å². The molecule has 0 aliphatic carbocycles. The molecule has 3 nitrogen and oxygen atoms in total. The van der Waals surface area contributed by atoms with Crippen LogP contribution < -0.4 is 10.1 Å². The lowest BCUT2D eigenvalue weighted by Crippen LogP contribution is -2.30. The van der Waals surface area contributed by atoms with Crippen molar-refractivity contribution in [3.8, 4) is 5.75 Å². The number of nitrogens with one attached hydrogen (secondary N) is 2. The maximum absolute atomic E-state index is 5.44. The summed E-state index contributed by atoms with van der Waals surface area (Å²) in [4.78, 5) is 3.49. The van der Waals surface area contributed by atoms with Gasteiger partial charge in [0.15, 0.2) is 0 Å². The van der Waals surface area contributed by atoms with Crippen molar-refractivity contribution >= 4 is 10.9 Å². The highest BCUT2D eigenvalue weighted by Gasteiger charge is 2.18. The molecular formula is C16H22N2O. The van der Waals surface area contributed by atoms with Gasteiger partial charge in [-0.2, -0.15) is 0 Å². The van der Waals surface area contributed by atoms with Gasteiger partial charge in [0.25, 0.3) is 0 Å². The molecule has 0 spiro atoms. The average molecular weight is 258 g/mol. The van der Waals surface area contributed by atoms with Crippen LogP contribution in [0.5, 0.6) is 5.75 Å². The van der Waals surface area contributed by atoms with E-state index in [2.05, 4.69) is 29.4 Å². The Labute approximate surface area is 114 Å². The van der Waals surface area contributed by atoms with Gasteiger partial charge in [0.1, 0.15) is 5.75 Å². The first-order chi connectivity index (χ1) is 9.29. The third-order valence-corrected chi connectivity index (χ3v) is 4.23. The van der Waals surface area contributed by atoms with Crippen LogP contribution in [0.2, 0.25) is 0 Å². The fourth-order valence-corrected chi connectivity index (χ4v) is 3.20. The van der Waals surface area contributed by atoms with E-state index in [0.717, 1.165) is 30.1 Å². The molecule has 1 unspecified atom stereocenters. The van der Waals surface area contributed by atoms with E-state index in [0.29, 0.717) is 0 Å². The van der Waals surface area contributed by atoms with Gasteiger partial charge < -0.3 is 15.0 Å². The second-order valence-electron chi connectivity index (χ2n) is 5.53. The van der Waals surface area contributed by atoms with Crippen molar-refractivity contribution in [1.82, 2.24) is 10.3 Å². The van der Waals surface area contributed by atoms with Gasteiger partial charge in [-0.3, -0.25) is 0 Å². The van der Waals surface area contributed by atoms with Crippen molar-refractivity contribution in [2.45, 2.75) is 26.2 Å². The minimum Gasteiger partial charge on any atom is -0.495 e. The highest BCUT2D eigenvalue weighted by atomic mass is 16.5. The molecule has 2 aromatic rings. The minimum absolute atomic E-state index is 0.762. The van der Waals surface area contributed by atoms with Crippen LogP contribution in [0, 0.1) is 12.8 Å². The number of rotatable bonds is 3. The molecule has 102 valence electrons. The van der Waals surface area contributed by atoms with E-state index < -0.39 is 0 Å². The lowest BCUT2D eigenvalue weighted by Gasteiger charge is -2.22. The van der Waals surface area contributed by atoms with E-state index in [1.54, 1.807) is 7.11 Å². The van der Waals surface area contributed by atoms with Crippen LogP contribution in [-0.2, 0) is 6.42 Å². The number of ether oxygens (including phenoxy) is 1. The van der Waals surface area contributed by atoms with Crippen molar-refractivity contribution < 1.29 is 4.74 Å². The normalized spacial score (nSPS) is 19.8. The van der Waals surface area contributed by atoms with Gasteiger partial charge >= 0.3 is 0 Å². The number of para-hydroxylation sites is 1. The van der Waals surface area contributed by atoms with Crippen LogP contribution in [0.1, 0.15) is 24.1 Å². The molecule has 2 heterocycles. The van der Waals surface area contributed by atoms with E-state index in [-0.39, 0.29) is 0 Å². The van der Waals surface area contributed by atoms with E-state index >= 15 is 0 Å². The third-order valence-electron chi connectivity index (χ3n) is 4.23. The fraction of sp³-hybridized carbons (Fsp3) is 0.500. The minimum atomic E-state index is 0.762. The largest absolute Gasteiger partial charge is 0.495 e. The summed E-state index contributed by atoms with van der Waals surface area (Å²) in [6.45, 7) is 4.50. The average Bonchev–Trinajstić information content (AvgIpc) is 2.76. The predicted octanol–water partition coefficient (Wildman–Crippen LogP) is 3.03. The van der Waals surface area contributed by atoms with Crippen molar-refractivity contribution in [1.29, 1.82) is 0 Å². The molecule has 0 amide bonds. The lowest BCUT2D eigenvalue weighted by molar-refractivity contribution is 0.376. The first-order valence-corrected chi connectivity index (χ1v) is 7.14. The number of aromatic amines is 1. The van der Waals surface area contributed by atoms with Crippen LogP contribution in [0.4, 0.5) is 0 Å². The molecule has 1 aliphatic heterocycles. The maximum atomic E-state index is 5.44. The Bertz CT molecular complexity index is 567. The first kappa shape index (κ1) is 12.5. The number of aryl methyl sites for hydroxylation is 1. The highest BCUT2D eigenvalue weighted by molar-refractivity contribution is 5.89. The van der Waals surface area contributed by atoms with Gasteiger partial charge in [-0.1, -0.05) is 12.1 Å². The molecule has 1 aromatic heterocycles. The maximum Gasteiger partial charge on any atom is 0.142 e. The van der Waals surface area contributed by atoms with Gasteiger partial charge in [-0.15, -0.1) is 0 Å². The molecule has 1 aromatic carbocycles. The summed E-state index contributed by atoms with van der Waals surface area (Å²) in [5.41, 5.74) is 3.88. The van der Waals surface area contributed by atoms with Crippen molar-refractivity contribution in [3.63, 3.8) is 0 Å². The number of aromatic nitrogens is 1. The van der Waals surface area contributed by atoms with Crippen LogP contribution in [-0.4, -0.2) is 25.2 Å². The summed E-state index contributed by atoms with van der Waals surface area (Å²) in [6.07, 6.45) is 3.80. The number of hydrogen-bond donors (Lipinski definition) is 2. The molecule has 1 atom stereocenters. The zero-order valence-electron chi connectivity index (χ0n) is 11.8. The second-order valence-corrected chi connectivity index (χ2v) is 5.53. The molecule has 19 heavy (non-hydrogen) atoms. The fourth-order valence-electron chi connectivity index (χ4n) is 3.20. The van der Waals surface area contributed by atoms with Crippen molar-refractivity contribution in [2.24, 2.45) is 5.92 Å². The molecule has 2 N–H and O–H groups in total. The number of hydrogen-bond acceptors (Lipinski definition) is 2. The van der Waals surface area contributed by atoms with Crippen LogP contribution in [0.25, 0.3) is 10.9 Å². The zero-order chi connectivity index (χ0) is 13.2. The summed E-state index contributed by atoms with van der Waals surface area (Å²) in [5, 5.41) is 4.82. The molecule has 3 rings (SSSR count). The number of benzene rings is 1. The summed E-state index contributed by atoms with van der Waals surface area (Å²) in [5.74, 6) is 1.70. The van der Waals surface area contributed by atoms with E-state index in [9.17, 15) is 0 Å². The third kappa shape index (κ3) is 2.35. The molecule has 3 heteroatoms. The van der Waals surface area contributed by atoms with Gasteiger partial charge in [-0.25, -0.2) is 0 Å². The highest BCUT2D eigenvalue weighted by Crippen LogP contribution is 2.31. The molecule has 0 saturated carbocycles. The molecule has 1 aliphatic rings. The summed E-state index contributed by atoms with van der Waals surface area (Å²) >= 11 is 0. The smallest absolute Gasteiger partial charge is 0.142 e. The Hall–Kier alpha value is -1.48. The number of fused-ring (bicyclic) bond motifs is 1. The summed E-state index contributed by atoms with van der Waals surface area (Å²) in [7, 11) is 1.73. The van der Waals surface area contributed by atoms with Gasteiger partial charge in [0.05, 0.1) is 12.6 Å². The van der Waals surface area contributed by atoms with Gasteiger partial charge in [-0.05, 0) is 56.8 Å². The Balaban J connectivity index is 1.96. The Morgan fingerprint density at radius 1 is 1.37 bits per heavy atom. The molecular weight excluding hydrogens is 236 g/mol. The number of piperidine rings is 1. The number of H-pyrrole nitrogens is 1. The van der Waals surface area contributed by atoms with Gasteiger partial charge in [0.2, 0.25) is 0 Å².